The fourth-order valence-corrected chi connectivity index (χ4v) is 2.23. The van der Waals surface area contributed by atoms with Gasteiger partial charge in [0.15, 0.2) is 5.11 Å². The third kappa shape index (κ3) is 6.11. The Hall–Kier alpha value is -1.01. The molecule has 0 fully saturated rings. The maximum Gasteiger partial charge on any atom is 0.166 e. The molecule has 6 heteroatoms. The van der Waals surface area contributed by atoms with Crippen LogP contribution in [0.15, 0.2) is 18.3 Å². The van der Waals surface area contributed by atoms with Crippen LogP contribution in [0.25, 0.3) is 0 Å². The maximum atomic E-state index is 5.25. The van der Waals surface area contributed by atoms with E-state index in [0.717, 1.165) is 30.1 Å². The standard InChI is InChI=1S/C13H22N4S2/c1-17(2)12-11(6-4-7-14-12)10-16-13(18)15-8-5-9-19-3/h4,6-7H,5,8-10H2,1-3H3,(H2,15,16,18). The summed E-state index contributed by atoms with van der Waals surface area (Å²) < 4.78 is 0. The van der Waals surface area contributed by atoms with Gasteiger partial charge in [0.25, 0.3) is 0 Å². The normalized spacial score (nSPS) is 10.1. The first-order chi connectivity index (χ1) is 9.15. The van der Waals surface area contributed by atoms with Crippen molar-refractivity contribution in [1.82, 2.24) is 15.6 Å². The molecule has 1 aromatic heterocycles. The molecule has 0 amide bonds. The highest BCUT2D eigenvalue weighted by Gasteiger charge is 2.05. The Morgan fingerprint density at radius 1 is 1.42 bits per heavy atom. The molecule has 1 rings (SSSR count). The van der Waals surface area contributed by atoms with E-state index in [1.54, 1.807) is 6.20 Å². The molecule has 1 aromatic rings. The van der Waals surface area contributed by atoms with Gasteiger partial charge in [-0.1, -0.05) is 6.07 Å². The first-order valence-corrected chi connectivity index (χ1v) is 8.07. The van der Waals surface area contributed by atoms with Crippen molar-refractivity contribution >= 4 is 34.9 Å². The van der Waals surface area contributed by atoms with Crippen LogP contribution in [0.1, 0.15) is 12.0 Å². The van der Waals surface area contributed by atoms with Gasteiger partial charge >= 0.3 is 0 Å². The van der Waals surface area contributed by atoms with Gasteiger partial charge in [0.2, 0.25) is 0 Å². The molecule has 0 aliphatic heterocycles. The van der Waals surface area contributed by atoms with Crippen LogP contribution in [-0.4, -0.2) is 42.7 Å². The second-order valence-corrected chi connectivity index (χ2v) is 5.73. The zero-order valence-electron chi connectivity index (χ0n) is 11.8. The minimum atomic E-state index is 0.690. The topological polar surface area (TPSA) is 40.2 Å². The largest absolute Gasteiger partial charge is 0.363 e. The number of nitrogens with one attached hydrogen (secondary N) is 2. The lowest BCUT2D eigenvalue weighted by Gasteiger charge is -2.17. The van der Waals surface area contributed by atoms with Crippen LogP contribution in [0.2, 0.25) is 0 Å². The third-order valence-corrected chi connectivity index (χ3v) is 3.53. The van der Waals surface area contributed by atoms with E-state index in [2.05, 4.69) is 27.9 Å². The SMILES string of the molecule is CSCCCNC(=S)NCc1cccnc1N(C)C. The smallest absolute Gasteiger partial charge is 0.166 e. The van der Waals surface area contributed by atoms with Crippen LogP contribution in [0, 0.1) is 0 Å². The highest BCUT2D eigenvalue weighted by molar-refractivity contribution is 7.98. The lowest BCUT2D eigenvalue weighted by Crippen LogP contribution is -2.35. The van der Waals surface area contributed by atoms with Crippen molar-refractivity contribution in [3.63, 3.8) is 0 Å². The Bertz CT molecular complexity index is 396. The van der Waals surface area contributed by atoms with Gasteiger partial charge in [-0.05, 0) is 36.7 Å². The molecule has 0 radical (unpaired) electrons. The average Bonchev–Trinajstić information content (AvgIpc) is 2.41. The van der Waals surface area contributed by atoms with Gasteiger partial charge in [0, 0.05) is 38.9 Å². The van der Waals surface area contributed by atoms with Crippen molar-refractivity contribution in [1.29, 1.82) is 0 Å². The van der Waals surface area contributed by atoms with Crippen LogP contribution >= 0.6 is 24.0 Å². The van der Waals surface area contributed by atoms with E-state index in [0.29, 0.717) is 11.7 Å². The number of thioether (sulfide) groups is 1. The first-order valence-electron chi connectivity index (χ1n) is 6.27. The van der Waals surface area contributed by atoms with Crippen molar-refractivity contribution in [3.05, 3.63) is 23.9 Å². The fourth-order valence-electron chi connectivity index (χ4n) is 1.63. The fraction of sp³-hybridized carbons (Fsp3) is 0.538. The second-order valence-electron chi connectivity index (χ2n) is 4.34. The van der Waals surface area contributed by atoms with E-state index >= 15 is 0 Å². The highest BCUT2D eigenvalue weighted by Crippen LogP contribution is 2.13. The van der Waals surface area contributed by atoms with E-state index < -0.39 is 0 Å². The van der Waals surface area contributed by atoms with Gasteiger partial charge in [-0.2, -0.15) is 11.8 Å². The molecular weight excluding hydrogens is 276 g/mol. The summed E-state index contributed by atoms with van der Waals surface area (Å²) in [5.41, 5.74) is 1.14. The molecule has 0 saturated carbocycles. The van der Waals surface area contributed by atoms with Gasteiger partial charge in [0.05, 0.1) is 0 Å². The summed E-state index contributed by atoms with van der Waals surface area (Å²) in [5, 5.41) is 7.13. The van der Waals surface area contributed by atoms with E-state index in [1.807, 2.05) is 36.8 Å². The molecule has 0 aliphatic rings. The Labute approximate surface area is 125 Å². The number of aromatic nitrogens is 1. The van der Waals surface area contributed by atoms with Crippen molar-refractivity contribution in [2.24, 2.45) is 0 Å². The van der Waals surface area contributed by atoms with E-state index in [1.165, 1.54) is 0 Å². The van der Waals surface area contributed by atoms with E-state index in [-0.39, 0.29) is 0 Å². The molecule has 4 nitrogen and oxygen atoms in total. The Morgan fingerprint density at radius 3 is 2.89 bits per heavy atom. The molecule has 0 saturated heterocycles. The summed E-state index contributed by atoms with van der Waals surface area (Å²) in [6, 6.07) is 4.00. The average molecular weight is 298 g/mol. The number of rotatable bonds is 7. The lowest BCUT2D eigenvalue weighted by atomic mass is 10.2. The van der Waals surface area contributed by atoms with Crippen LogP contribution in [0.5, 0.6) is 0 Å². The van der Waals surface area contributed by atoms with Crippen LogP contribution in [-0.2, 0) is 6.54 Å². The summed E-state index contributed by atoms with van der Waals surface area (Å²) in [5.74, 6) is 2.13. The van der Waals surface area contributed by atoms with Crippen molar-refractivity contribution in [3.8, 4) is 0 Å². The Balaban J connectivity index is 2.38. The van der Waals surface area contributed by atoms with Crippen LogP contribution in [0.4, 0.5) is 5.82 Å². The Morgan fingerprint density at radius 2 is 2.21 bits per heavy atom. The van der Waals surface area contributed by atoms with Crippen LogP contribution in [0.3, 0.4) is 0 Å². The predicted molar refractivity (Wildman–Crippen MR) is 89.0 cm³/mol. The van der Waals surface area contributed by atoms with E-state index in [4.69, 9.17) is 12.2 Å². The molecule has 19 heavy (non-hydrogen) atoms. The van der Waals surface area contributed by atoms with Gasteiger partial charge in [-0.3, -0.25) is 0 Å². The molecule has 0 bridgehead atoms. The molecule has 1 heterocycles. The molecule has 0 spiro atoms. The van der Waals surface area contributed by atoms with Gasteiger partial charge in [0.1, 0.15) is 5.82 Å². The van der Waals surface area contributed by atoms with Gasteiger partial charge in [-0.15, -0.1) is 0 Å². The Kier molecular flexibility index (Phi) is 7.59. The molecule has 0 aromatic carbocycles. The minimum Gasteiger partial charge on any atom is -0.363 e. The quantitative estimate of drug-likeness (QED) is 0.591. The van der Waals surface area contributed by atoms with Crippen molar-refractivity contribution in [2.75, 3.05) is 37.5 Å². The minimum absolute atomic E-state index is 0.690. The zero-order valence-corrected chi connectivity index (χ0v) is 13.4. The van der Waals surface area contributed by atoms with Gasteiger partial charge in [-0.25, -0.2) is 4.98 Å². The molecule has 106 valence electrons. The van der Waals surface area contributed by atoms with Gasteiger partial charge < -0.3 is 15.5 Å². The number of nitrogens with zero attached hydrogens (tertiary/aromatic N) is 2. The number of hydrogen-bond donors (Lipinski definition) is 2. The number of pyridine rings is 1. The lowest BCUT2D eigenvalue weighted by molar-refractivity contribution is 0.801. The predicted octanol–water partition coefficient (Wildman–Crippen LogP) is 1.86. The van der Waals surface area contributed by atoms with E-state index in [9.17, 15) is 0 Å². The third-order valence-electron chi connectivity index (χ3n) is 2.54. The summed E-state index contributed by atoms with van der Waals surface area (Å²) in [4.78, 5) is 6.37. The van der Waals surface area contributed by atoms with Crippen molar-refractivity contribution in [2.45, 2.75) is 13.0 Å². The molecule has 0 atom stereocenters. The highest BCUT2D eigenvalue weighted by atomic mass is 32.2. The molecule has 2 N–H and O–H groups in total. The summed E-state index contributed by atoms with van der Waals surface area (Å²) in [7, 11) is 3.98. The molecule has 0 unspecified atom stereocenters. The summed E-state index contributed by atoms with van der Waals surface area (Å²) in [6.07, 6.45) is 5.04. The summed E-state index contributed by atoms with van der Waals surface area (Å²) >= 11 is 7.10. The summed E-state index contributed by atoms with van der Waals surface area (Å²) in [6.45, 7) is 1.61. The first kappa shape index (κ1) is 16.0. The number of thiocarbonyl (C=S) groups is 1. The monoisotopic (exact) mass is 298 g/mol. The second kappa shape index (κ2) is 8.98. The molecule has 0 aliphatic carbocycles. The number of hydrogen-bond acceptors (Lipinski definition) is 4. The number of anilines is 1. The van der Waals surface area contributed by atoms with Crippen LogP contribution < -0.4 is 15.5 Å². The molecular formula is C13H22N4S2. The zero-order chi connectivity index (χ0) is 14.1. The maximum absolute atomic E-state index is 5.25. The van der Waals surface area contributed by atoms with Crippen molar-refractivity contribution < 1.29 is 0 Å².